The molecule has 0 bridgehead atoms. The number of hydrogen-bond donors (Lipinski definition) is 0. The van der Waals surface area contributed by atoms with Crippen LogP contribution >= 0.6 is 0 Å². The van der Waals surface area contributed by atoms with Gasteiger partial charge in [-0.1, -0.05) is 115 Å². The van der Waals surface area contributed by atoms with E-state index < -0.39 is 0 Å². The second kappa shape index (κ2) is 10.4. The molecule has 5 aromatic carbocycles. The van der Waals surface area contributed by atoms with Crippen LogP contribution in [0.15, 0.2) is 146 Å². The second-order valence-electron chi connectivity index (χ2n) is 9.61. The Balaban J connectivity index is 1.32. The van der Waals surface area contributed by atoms with Crippen molar-refractivity contribution in [2.24, 2.45) is 0 Å². The molecule has 0 fully saturated rings. The van der Waals surface area contributed by atoms with Crippen LogP contribution in [0.4, 0.5) is 0 Å². The summed E-state index contributed by atoms with van der Waals surface area (Å²) in [6.07, 6.45) is 1.81. The van der Waals surface area contributed by atoms with Gasteiger partial charge in [-0.25, -0.2) is 15.0 Å². The Morgan fingerprint density at radius 2 is 0.875 bits per heavy atom. The summed E-state index contributed by atoms with van der Waals surface area (Å²) in [4.78, 5) is 19.2. The van der Waals surface area contributed by atoms with Gasteiger partial charge in [-0.15, -0.1) is 0 Å². The van der Waals surface area contributed by atoms with Gasteiger partial charge >= 0.3 is 0 Å². The van der Waals surface area contributed by atoms with E-state index in [9.17, 15) is 0 Å². The van der Waals surface area contributed by atoms with Crippen molar-refractivity contribution >= 4 is 10.8 Å². The molecule has 0 aliphatic rings. The fourth-order valence-corrected chi connectivity index (χ4v) is 4.88. The van der Waals surface area contributed by atoms with E-state index in [1.807, 2.05) is 60.7 Å². The zero-order valence-electron chi connectivity index (χ0n) is 21.6. The molecule has 2 aromatic heterocycles. The van der Waals surface area contributed by atoms with Gasteiger partial charge in [0.05, 0.1) is 5.69 Å². The number of fused-ring (bicyclic) bond motifs is 1. The van der Waals surface area contributed by atoms with Crippen LogP contribution in [0, 0.1) is 0 Å². The molecule has 0 aliphatic heterocycles. The van der Waals surface area contributed by atoms with Gasteiger partial charge in [0.25, 0.3) is 0 Å². The first-order valence-corrected chi connectivity index (χ1v) is 13.2. The van der Waals surface area contributed by atoms with Crippen molar-refractivity contribution in [3.8, 4) is 56.5 Å². The van der Waals surface area contributed by atoms with Crippen molar-refractivity contribution in [3.63, 3.8) is 0 Å². The monoisotopic (exact) mass is 512 g/mol. The molecule has 4 heteroatoms. The molecule has 4 nitrogen and oxygen atoms in total. The lowest BCUT2D eigenvalue weighted by molar-refractivity contribution is 1.07. The fourth-order valence-electron chi connectivity index (χ4n) is 4.88. The molecule has 7 rings (SSSR count). The lowest BCUT2D eigenvalue weighted by atomic mass is 9.99. The Bertz CT molecular complexity index is 1930. The molecule has 2 heterocycles. The van der Waals surface area contributed by atoms with Gasteiger partial charge in [0.1, 0.15) is 0 Å². The normalized spacial score (nSPS) is 11.0. The number of pyridine rings is 1. The number of rotatable bonds is 5. The lowest BCUT2D eigenvalue weighted by Gasteiger charge is -2.10. The largest absolute Gasteiger partial charge is 0.256 e. The maximum absolute atomic E-state index is 4.95. The highest BCUT2D eigenvalue weighted by atomic mass is 15.0. The smallest absolute Gasteiger partial charge is 0.164 e. The molecular formula is C36H24N4. The summed E-state index contributed by atoms with van der Waals surface area (Å²) in [5.74, 6) is 1.92. The lowest BCUT2D eigenvalue weighted by Crippen LogP contribution is -2.00. The minimum Gasteiger partial charge on any atom is -0.256 e. The van der Waals surface area contributed by atoms with E-state index in [1.54, 1.807) is 6.20 Å². The molecule has 188 valence electrons. The third kappa shape index (κ3) is 4.74. The van der Waals surface area contributed by atoms with Crippen molar-refractivity contribution in [3.05, 3.63) is 146 Å². The minimum atomic E-state index is 0.632. The highest BCUT2D eigenvalue weighted by Gasteiger charge is 2.13. The van der Waals surface area contributed by atoms with Crippen LogP contribution in [0.5, 0.6) is 0 Å². The van der Waals surface area contributed by atoms with Crippen molar-refractivity contribution in [1.29, 1.82) is 0 Å². The van der Waals surface area contributed by atoms with Gasteiger partial charge in [-0.3, -0.25) is 4.98 Å². The molecule has 0 amide bonds. The summed E-state index contributed by atoms with van der Waals surface area (Å²) in [7, 11) is 0. The highest BCUT2D eigenvalue weighted by molar-refractivity contribution is 5.87. The number of nitrogens with zero attached hydrogens (tertiary/aromatic N) is 4. The summed E-state index contributed by atoms with van der Waals surface area (Å²) >= 11 is 0. The Labute approximate surface area is 232 Å². The number of aromatic nitrogens is 4. The molecular weight excluding hydrogens is 488 g/mol. The van der Waals surface area contributed by atoms with E-state index >= 15 is 0 Å². The predicted molar refractivity (Wildman–Crippen MR) is 162 cm³/mol. The van der Waals surface area contributed by atoms with Crippen LogP contribution in [0.3, 0.4) is 0 Å². The summed E-state index contributed by atoms with van der Waals surface area (Å²) < 4.78 is 0. The first-order valence-electron chi connectivity index (χ1n) is 13.2. The molecule has 7 aromatic rings. The minimum absolute atomic E-state index is 0.632. The molecule has 0 atom stereocenters. The topological polar surface area (TPSA) is 51.6 Å². The number of benzene rings is 5. The average Bonchev–Trinajstić information content (AvgIpc) is 3.05. The van der Waals surface area contributed by atoms with Crippen molar-refractivity contribution in [2.45, 2.75) is 0 Å². The van der Waals surface area contributed by atoms with E-state index in [1.165, 1.54) is 10.8 Å². The van der Waals surface area contributed by atoms with Crippen molar-refractivity contribution < 1.29 is 0 Å². The third-order valence-corrected chi connectivity index (χ3v) is 6.97. The molecule has 0 N–H and O–H groups in total. The van der Waals surface area contributed by atoms with E-state index in [4.69, 9.17) is 15.0 Å². The molecule has 0 saturated heterocycles. The van der Waals surface area contributed by atoms with E-state index in [0.717, 1.165) is 39.1 Å². The predicted octanol–water partition coefficient (Wildman–Crippen LogP) is 8.75. The first-order chi connectivity index (χ1) is 19.8. The van der Waals surface area contributed by atoms with Gasteiger partial charge in [0.15, 0.2) is 17.5 Å². The van der Waals surface area contributed by atoms with Crippen LogP contribution in [-0.2, 0) is 0 Å². The van der Waals surface area contributed by atoms with Crippen LogP contribution < -0.4 is 0 Å². The van der Waals surface area contributed by atoms with Crippen molar-refractivity contribution in [1.82, 2.24) is 19.9 Å². The SMILES string of the molecule is c1ccc(-c2nc(-c3ccc(-c4ccccn4)cc3)nc(-c3cccc(-c4ccc5ccccc5c4)c3)n2)cc1. The zero-order valence-corrected chi connectivity index (χ0v) is 21.6. The van der Waals surface area contributed by atoms with E-state index in [2.05, 4.69) is 83.8 Å². The summed E-state index contributed by atoms with van der Waals surface area (Å²) in [6, 6.07) is 47.6. The summed E-state index contributed by atoms with van der Waals surface area (Å²) in [5, 5.41) is 2.44. The highest BCUT2D eigenvalue weighted by Crippen LogP contribution is 2.30. The summed E-state index contributed by atoms with van der Waals surface area (Å²) in [6.45, 7) is 0. The van der Waals surface area contributed by atoms with Crippen LogP contribution in [-0.4, -0.2) is 19.9 Å². The molecule has 0 saturated carbocycles. The second-order valence-corrected chi connectivity index (χ2v) is 9.61. The molecule has 0 spiro atoms. The van der Waals surface area contributed by atoms with Gasteiger partial charge in [-0.2, -0.15) is 0 Å². The quantitative estimate of drug-likeness (QED) is 0.231. The van der Waals surface area contributed by atoms with Gasteiger partial charge in [0, 0.05) is 28.5 Å². The van der Waals surface area contributed by atoms with Crippen LogP contribution in [0.25, 0.3) is 67.3 Å². The molecule has 0 unspecified atom stereocenters. The summed E-state index contributed by atoms with van der Waals surface area (Å²) in [5.41, 5.74) is 7.06. The maximum Gasteiger partial charge on any atom is 0.164 e. The Morgan fingerprint density at radius 1 is 0.325 bits per heavy atom. The van der Waals surface area contributed by atoms with E-state index in [0.29, 0.717) is 17.5 Å². The van der Waals surface area contributed by atoms with Crippen LogP contribution in [0.2, 0.25) is 0 Å². The standard InChI is InChI=1S/C36H24N4/c1-2-10-27(11-3-1)34-38-35(28-19-17-26(18-20-28)33-15-6-7-22-37-33)40-36(39-34)32-14-8-13-30(24-32)31-21-16-25-9-4-5-12-29(25)23-31/h1-24H. The molecule has 0 aliphatic carbocycles. The first kappa shape index (κ1) is 23.6. The fraction of sp³-hybridized carbons (Fsp3) is 0. The molecule has 40 heavy (non-hydrogen) atoms. The van der Waals surface area contributed by atoms with Gasteiger partial charge in [0.2, 0.25) is 0 Å². The van der Waals surface area contributed by atoms with E-state index in [-0.39, 0.29) is 0 Å². The van der Waals surface area contributed by atoms with Crippen molar-refractivity contribution in [2.75, 3.05) is 0 Å². The number of hydrogen-bond acceptors (Lipinski definition) is 4. The van der Waals surface area contributed by atoms with Crippen LogP contribution in [0.1, 0.15) is 0 Å². The average molecular weight is 513 g/mol. The Kier molecular flexibility index (Phi) is 6.11. The Morgan fingerprint density at radius 3 is 1.62 bits per heavy atom. The third-order valence-electron chi connectivity index (χ3n) is 6.97. The maximum atomic E-state index is 4.95. The Hall–Kier alpha value is -5.48. The van der Waals surface area contributed by atoms with Gasteiger partial charge < -0.3 is 0 Å². The zero-order chi connectivity index (χ0) is 26.7. The molecule has 0 radical (unpaired) electrons. The van der Waals surface area contributed by atoms with Gasteiger partial charge in [-0.05, 0) is 46.2 Å².